The fraction of sp³-hybridized carbons (Fsp3) is 0.407. The van der Waals surface area contributed by atoms with Crippen LogP contribution in [0.2, 0.25) is 0 Å². The number of nitrogens with zero attached hydrogens (tertiary/aromatic N) is 1. The van der Waals surface area contributed by atoms with Crippen molar-refractivity contribution in [3.63, 3.8) is 0 Å². The molecule has 11 nitrogen and oxygen atoms in total. The van der Waals surface area contributed by atoms with Crippen molar-refractivity contribution in [1.29, 1.82) is 0 Å². The molecule has 2 aliphatic heterocycles. The van der Waals surface area contributed by atoms with E-state index in [0.717, 1.165) is 16.0 Å². The zero-order valence-electron chi connectivity index (χ0n) is 21.5. The first kappa shape index (κ1) is 28.6. The summed E-state index contributed by atoms with van der Waals surface area (Å²) in [7, 11) is -3.82. The van der Waals surface area contributed by atoms with Crippen molar-refractivity contribution in [3.05, 3.63) is 64.7 Å². The summed E-state index contributed by atoms with van der Waals surface area (Å²) in [5, 5.41) is 2.18. The average molecular weight is 559 g/mol. The predicted octanol–water partition coefficient (Wildman–Crippen LogP) is 1.77. The van der Waals surface area contributed by atoms with Gasteiger partial charge in [0.05, 0.1) is 42.4 Å². The Morgan fingerprint density at radius 3 is 2.26 bits per heavy atom. The van der Waals surface area contributed by atoms with Crippen molar-refractivity contribution < 1.29 is 41.3 Å². The number of carbonyl (C=O) groups is 4. The topological polar surface area (TPSA) is 145 Å². The summed E-state index contributed by atoms with van der Waals surface area (Å²) >= 11 is 0. The Kier molecular flexibility index (Phi) is 9.23. The van der Waals surface area contributed by atoms with E-state index < -0.39 is 39.8 Å². The van der Waals surface area contributed by atoms with Gasteiger partial charge in [-0.15, -0.1) is 0 Å². The molecule has 0 saturated carbocycles. The van der Waals surface area contributed by atoms with E-state index in [-0.39, 0.29) is 48.7 Å². The number of aryl methyl sites for hydroxylation is 2. The van der Waals surface area contributed by atoms with E-state index in [1.807, 2.05) is 6.92 Å². The van der Waals surface area contributed by atoms with Crippen LogP contribution in [0.3, 0.4) is 0 Å². The van der Waals surface area contributed by atoms with Gasteiger partial charge in [0.1, 0.15) is 6.04 Å². The van der Waals surface area contributed by atoms with Gasteiger partial charge < -0.3 is 9.47 Å². The highest BCUT2D eigenvalue weighted by Gasteiger charge is 2.44. The van der Waals surface area contributed by atoms with Crippen LogP contribution in [0.4, 0.5) is 0 Å². The van der Waals surface area contributed by atoms with Crippen LogP contribution >= 0.6 is 0 Å². The second-order valence-corrected chi connectivity index (χ2v) is 10.9. The molecule has 208 valence electrons. The summed E-state index contributed by atoms with van der Waals surface area (Å²) < 4.78 is 40.1. The number of piperidine rings is 1. The van der Waals surface area contributed by atoms with Gasteiger partial charge in [0.15, 0.2) is 0 Å². The summed E-state index contributed by atoms with van der Waals surface area (Å²) in [5.74, 6) is -2.11. The Balaban J connectivity index is 1.13. The number of amides is 4. The Bertz CT molecular complexity index is 1360. The SMILES string of the molecule is Cc1ccc(S(=O)(=O)OCCOCCOCCCc2ccc3c(c2)C(=O)N(C2CCC(=O)NC2=O)C3=O)cc1. The molecule has 0 bridgehead atoms. The quantitative estimate of drug-likeness (QED) is 0.221. The van der Waals surface area contributed by atoms with Crippen molar-refractivity contribution in [3.8, 4) is 0 Å². The van der Waals surface area contributed by atoms with Gasteiger partial charge in [-0.1, -0.05) is 23.8 Å². The van der Waals surface area contributed by atoms with Crippen LogP contribution in [0, 0.1) is 6.92 Å². The highest BCUT2D eigenvalue weighted by molar-refractivity contribution is 7.86. The van der Waals surface area contributed by atoms with E-state index in [0.29, 0.717) is 26.1 Å². The number of carbonyl (C=O) groups excluding carboxylic acids is 4. The zero-order valence-corrected chi connectivity index (χ0v) is 22.3. The molecule has 1 fully saturated rings. The number of benzene rings is 2. The maximum atomic E-state index is 12.9. The standard InChI is InChI=1S/C27H30N2O9S/c1-18-4-7-20(8-5-18)39(34,35)38-16-15-37-14-13-36-12-2-3-19-6-9-21-22(17-19)27(33)29(26(21)32)23-10-11-24(30)28-25(23)31/h4-9,17,23H,2-3,10-16H2,1H3,(H,28,30,31). The lowest BCUT2D eigenvalue weighted by Gasteiger charge is -2.27. The molecule has 0 aliphatic carbocycles. The summed E-state index contributed by atoms with van der Waals surface area (Å²) in [4.78, 5) is 50.3. The highest BCUT2D eigenvalue weighted by Crippen LogP contribution is 2.28. The summed E-state index contributed by atoms with van der Waals surface area (Å²) in [6.07, 6.45) is 1.46. The molecule has 0 aromatic heterocycles. The minimum Gasteiger partial charge on any atom is -0.379 e. The molecule has 4 rings (SSSR count). The first-order chi connectivity index (χ1) is 18.7. The Hall–Kier alpha value is -3.45. The monoisotopic (exact) mass is 558 g/mol. The summed E-state index contributed by atoms with van der Waals surface area (Å²) in [6, 6.07) is 10.4. The number of hydrogen-bond donors (Lipinski definition) is 1. The van der Waals surface area contributed by atoms with Crippen molar-refractivity contribution in [2.75, 3.05) is 33.0 Å². The minimum atomic E-state index is -3.82. The number of hydrogen-bond acceptors (Lipinski definition) is 9. The normalized spacial score (nSPS) is 17.5. The molecule has 0 spiro atoms. The Morgan fingerprint density at radius 2 is 1.54 bits per heavy atom. The van der Waals surface area contributed by atoms with Crippen molar-refractivity contribution >= 4 is 33.7 Å². The van der Waals surface area contributed by atoms with Gasteiger partial charge in [-0.2, -0.15) is 8.42 Å². The Labute approximate surface area is 226 Å². The van der Waals surface area contributed by atoms with Gasteiger partial charge in [0.25, 0.3) is 21.9 Å². The molecule has 39 heavy (non-hydrogen) atoms. The second kappa shape index (κ2) is 12.6. The van der Waals surface area contributed by atoms with E-state index in [9.17, 15) is 27.6 Å². The molecule has 2 aromatic carbocycles. The van der Waals surface area contributed by atoms with Gasteiger partial charge in [-0.25, -0.2) is 0 Å². The maximum Gasteiger partial charge on any atom is 0.297 e. The molecule has 2 heterocycles. The summed E-state index contributed by atoms with van der Waals surface area (Å²) in [6.45, 7) is 2.91. The summed E-state index contributed by atoms with van der Waals surface area (Å²) in [5.41, 5.74) is 2.31. The molecule has 1 unspecified atom stereocenters. The van der Waals surface area contributed by atoms with Crippen LogP contribution in [0.25, 0.3) is 0 Å². The van der Waals surface area contributed by atoms with E-state index in [2.05, 4.69) is 5.32 Å². The first-order valence-corrected chi connectivity index (χ1v) is 14.0. The lowest BCUT2D eigenvalue weighted by atomic mass is 10.0. The highest BCUT2D eigenvalue weighted by atomic mass is 32.2. The van der Waals surface area contributed by atoms with Gasteiger partial charge in [0, 0.05) is 13.0 Å². The third-order valence-electron chi connectivity index (χ3n) is 6.41. The third-order valence-corrected chi connectivity index (χ3v) is 7.73. The van der Waals surface area contributed by atoms with E-state index in [4.69, 9.17) is 13.7 Å². The molecular formula is C27H30N2O9S. The number of imide groups is 2. The van der Waals surface area contributed by atoms with Crippen LogP contribution in [-0.2, 0) is 39.8 Å². The second-order valence-electron chi connectivity index (χ2n) is 9.24. The first-order valence-electron chi connectivity index (χ1n) is 12.6. The maximum absolute atomic E-state index is 12.9. The molecular weight excluding hydrogens is 528 g/mol. The van der Waals surface area contributed by atoms with Crippen LogP contribution in [0.5, 0.6) is 0 Å². The Morgan fingerprint density at radius 1 is 0.872 bits per heavy atom. The van der Waals surface area contributed by atoms with Crippen LogP contribution in [-0.4, -0.2) is 76.0 Å². The van der Waals surface area contributed by atoms with E-state index >= 15 is 0 Å². The zero-order chi connectivity index (χ0) is 28.0. The third kappa shape index (κ3) is 6.95. The molecule has 1 saturated heterocycles. The molecule has 0 radical (unpaired) electrons. The number of ether oxygens (including phenoxy) is 2. The van der Waals surface area contributed by atoms with Crippen LogP contribution in [0.1, 0.15) is 51.1 Å². The van der Waals surface area contributed by atoms with Crippen molar-refractivity contribution in [2.45, 2.75) is 43.5 Å². The lowest BCUT2D eigenvalue weighted by molar-refractivity contribution is -0.136. The molecule has 2 aliphatic rings. The number of nitrogens with one attached hydrogen (secondary N) is 1. The molecule has 12 heteroatoms. The molecule has 1 atom stereocenters. The fourth-order valence-corrected chi connectivity index (χ4v) is 5.24. The molecule has 2 aromatic rings. The largest absolute Gasteiger partial charge is 0.379 e. The van der Waals surface area contributed by atoms with Gasteiger partial charge in [-0.3, -0.25) is 33.6 Å². The van der Waals surface area contributed by atoms with Gasteiger partial charge >= 0.3 is 0 Å². The van der Waals surface area contributed by atoms with Crippen LogP contribution in [0.15, 0.2) is 47.4 Å². The number of fused-ring (bicyclic) bond motifs is 1. The van der Waals surface area contributed by atoms with Crippen molar-refractivity contribution in [1.82, 2.24) is 10.2 Å². The smallest absolute Gasteiger partial charge is 0.297 e. The lowest BCUT2D eigenvalue weighted by Crippen LogP contribution is -2.54. The fourth-order valence-electron chi connectivity index (χ4n) is 4.35. The van der Waals surface area contributed by atoms with E-state index in [1.54, 1.807) is 30.3 Å². The van der Waals surface area contributed by atoms with Gasteiger partial charge in [0.2, 0.25) is 11.8 Å². The van der Waals surface area contributed by atoms with Crippen molar-refractivity contribution in [2.24, 2.45) is 0 Å². The minimum absolute atomic E-state index is 0.0732. The van der Waals surface area contributed by atoms with E-state index in [1.165, 1.54) is 12.1 Å². The predicted molar refractivity (Wildman–Crippen MR) is 137 cm³/mol. The molecule has 4 amide bonds. The van der Waals surface area contributed by atoms with Gasteiger partial charge in [-0.05, 0) is 56.0 Å². The number of rotatable bonds is 13. The average Bonchev–Trinajstić information content (AvgIpc) is 3.14. The molecule has 1 N–H and O–H groups in total. The van der Waals surface area contributed by atoms with Crippen LogP contribution < -0.4 is 5.32 Å².